The molecule has 23 heavy (non-hydrogen) atoms. The van der Waals surface area contributed by atoms with Crippen molar-refractivity contribution in [2.24, 2.45) is 0 Å². The zero-order valence-corrected chi connectivity index (χ0v) is 14.7. The molecule has 0 saturated heterocycles. The van der Waals surface area contributed by atoms with Crippen molar-refractivity contribution in [1.29, 1.82) is 0 Å². The van der Waals surface area contributed by atoms with Gasteiger partial charge >= 0.3 is 0 Å². The number of aromatic nitrogens is 5. The second-order valence-corrected chi connectivity index (χ2v) is 7.87. The molecule has 0 saturated carbocycles. The molecule has 3 aromatic rings. The molecule has 0 radical (unpaired) electrons. The van der Waals surface area contributed by atoms with Crippen LogP contribution in [-0.2, 0) is 12.1 Å². The molecule has 0 bridgehead atoms. The summed E-state index contributed by atoms with van der Waals surface area (Å²) in [5, 5.41) is 5.85. The Labute approximate surface area is 138 Å². The maximum absolute atomic E-state index is 12.3. The smallest absolute Gasteiger partial charge is 0.263 e. The van der Waals surface area contributed by atoms with E-state index in [0.717, 1.165) is 9.88 Å². The van der Waals surface area contributed by atoms with Gasteiger partial charge in [-0.05, 0) is 27.7 Å². The van der Waals surface area contributed by atoms with Crippen LogP contribution in [0.2, 0.25) is 0 Å². The lowest BCUT2D eigenvalue weighted by atomic mass is 10.1. The van der Waals surface area contributed by atoms with Gasteiger partial charge in [0.2, 0.25) is 5.95 Å². The van der Waals surface area contributed by atoms with E-state index in [1.165, 1.54) is 0 Å². The fourth-order valence-electron chi connectivity index (χ4n) is 2.37. The lowest BCUT2D eigenvalue weighted by Gasteiger charge is -2.21. The van der Waals surface area contributed by atoms with Crippen molar-refractivity contribution in [2.75, 3.05) is 11.9 Å². The Balaban J connectivity index is 2.02. The Hall–Kier alpha value is -2.22. The van der Waals surface area contributed by atoms with Crippen LogP contribution in [0.1, 0.15) is 30.7 Å². The molecule has 0 amide bonds. The summed E-state index contributed by atoms with van der Waals surface area (Å²) in [6.07, 6.45) is 3.43. The Bertz CT molecular complexity index is 901. The molecule has 0 aliphatic heterocycles. The van der Waals surface area contributed by atoms with E-state index in [9.17, 15) is 4.79 Å². The van der Waals surface area contributed by atoms with E-state index in [0.29, 0.717) is 23.5 Å². The largest absolute Gasteiger partial charge is 0.340 e. The van der Waals surface area contributed by atoms with Crippen molar-refractivity contribution in [1.82, 2.24) is 24.7 Å². The second kappa shape index (κ2) is 5.45. The van der Waals surface area contributed by atoms with Crippen molar-refractivity contribution >= 4 is 28.3 Å². The number of fused-ring (bicyclic) bond motifs is 1. The normalized spacial score (nSPS) is 12.0. The number of rotatable bonds is 3. The summed E-state index contributed by atoms with van der Waals surface area (Å²) in [6, 6.07) is 0. The highest BCUT2D eigenvalue weighted by Crippen LogP contribution is 2.20. The number of hydrogen-bond donors (Lipinski definition) is 1. The summed E-state index contributed by atoms with van der Waals surface area (Å²) in [7, 11) is 1.90. The Morgan fingerprint density at radius 3 is 2.70 bits per heavy atom. The molecule has 3 rings (SSSR count). The standard InChI is InChI=1S/C15H20N6OS/c1-9-16-6-10(23-9)8-20(5)14-18-12-11(13(22)19-14)7-17-21(12)15(2,3)4/h6-7H,8H2,1-5H3,(H,18,19,22). The van der Waals surface area contributed by atoms with Crippen LogP contribution in [0.3, 0.4) is 0 Å². The van der Waals surface area contributed by atoms with Crippen LogP contribution in [0, 0.1) is 6.92 Å². The molecule has 3 heterocycles. The van der Waals surface area contributed by atoms with E-state index < -0.39 is 0 Å². The highest BCUT2D eigenvalue weighted by molar-refractivity contribution is 7.11. The molecule has 1 N–H and O–H groups in total. The summed E-state index contributed by atoms with van der Waals surface area (Å²) in [6.45, 7) is 8.72. The number of nitrogens with zero attached hydrogens (tertiary/aromatic N) is 5. The van der Waals surface area contributed by atoms with Gasteiger partial charge in [-0.25, -0.2) is 9.67 Å². The van der Waals surface area contributed by atoms with Crippen LogP contribution < -0.4 is 10.5 Å². The minimum atomic E-state index is -0.243. The molecule has 0 aliphatic rings. The fourth-order valence-corrected chi connectivity index (χ4v) is 3.21. The zero-order valence-electron chi connectivity index (χ0n) is 13.9. The molecule has 7 nitrogen and oxygen atoms in total. The first-order valence-corrected chi connectivity index (χ1v) is 8.18. The predicted octanol–water partition coefficient (Wildman–Crippen LogP) is 2.28. The van der Waals surface area contributed by atoms with Gasteiger partial charge in [-0.3, -0.25) is 9.78 Å². The molecule has 0 unspecified atom stereocenters. The molecule has 0 aromatic carbocycles. The topological polar surface area (TPSA) is 79.7 Å². The SMILES string of the molecule is Cc1ncc(CN(C)c2nc3c(cnn3C(C)(C)C)c(=O)[nH]2)s1. The molecule has 0 atom stereocenters. The van der Waals surface area contributed by atoms with Crippen molar-refractivity contribution in [3.05, 3.63) is 32.6 Å². The number of H-pyrrole nitrogens is 1. The van der Waals surface area contributed by atoms with E-state index in [2.05, 4.69) is 20.1 Å². The molecule has 122 valence electrons. The molecule has 3 aromatic heterocycles. The minimum Gasteiger partial charge on any atom is -0.340 e. The third-order valence-electron chi connectivity index (χ3n) is 3.48. The maximum atomic E-state index is 12.3. The van der Waals surface area contributed by atoms with E-state index in [1.807, 2.05) is 45.8 Å². The Morgan fingerprint density at radius 2 is 2.09 bits per heavy atom. The second-order valence-electron chi connectivity index (χ2n) is 6.56. The van der Waals surface area contributed by atoms with Gasteiger partial charge in [-0.15, -0.1) is 11.3 Å². The zero-order chi connectivity index (χ0) is 16.8. The lowest BCUT2D eigenvalue weighted by Crippen LogP contribution is -2.26. The van der Waals surface area contributed by atoms with Crippen molar-refractivity contribution in [3.63, 3.8) is 0 Å². The lowest BCUT2D eigenvalue weighted by molar-refractivity contribution is 0.366. The average Bonchev–Trinajstić information content (AvgIpc) is 3.04. The predicted molar refractivity (Wildman–Crippen MR) is 92.1 cm³/mol. The van der Waals surface area contributed by atoms with E-state index in [4.69, 9.17) is 0 Å². The summed E-state index contributed by atoms with van der Waals surface area (Å²) in [4.78, 5) is 27.1. The number of anilines is 1. The third-order valence-corrected chi connectivity index (χ3v) is 4.38. The van der Waals surface area contributed by atoms with E-state index >= 15 is 0 Å². The van der Waals surface area contributed by atoms with Gasteiger partial charge in [0.1, 0.15) is 5.39 Å². The monoisotopic (exact) mass is 332 g/mol. The first-order chi connectivity index (χ1) is 10.8. The molecule has 0 fully saturated rings. The summed E-state index contributed by atoms with van der Waals surface area (Å²) in [5.41, 5.74) is 0.184. The molecule has 0 spiro atoms. The van der Waals surface area contributed by atoms with Crippen molar-refractivity contribution < 1.29 is 0 Å². The number of aromatic amines is 1. The number of aryl methyl sites for hydroxylation is 1. The molecule has 0 aliphatic carbocycles. The number of hydrogen-bond acceptors (Lipinski definition) is 6. The highest BCUT2D eigenvalue weighted by atomic mass is 32.1. The van der Waals surface area contributed by atoms with Gasteiger partial charge in [0.05, 0.1) is 23.3 Å². The Kier molecular flexibility index (Phi) is 3.71. The van der Waals surface area contributed by atoms with Crippen molar-refractivity contribution in [3.8, 4) is 0 Å². The van der Waals surface area contributed by atoms with Crippen LogP contribution in [0.25, 0.3) is 11.0 Å². The number of thiazole rings is 1. The van der Waals surface area contributed by atoms with E-state index in [-0.39, 0.29) is 11.1 Å². The fraction of sp³-hybridized carbons (Fsp3) is 0.467. The molecular formula is C15H20N6OS. The summed E-state index contributed by atoms with van der Waals surface area (Å²) >= 11 is 1.64. The first-order valence-electron chi connectivity index (χ1n) is 7.36. The number of nitrogens with one attached hydrogen (secondary N) is 1. The summed E-state index contributed by atoms with van der Waals surface area (Å²) < 4.78 is 1.78. The van der Waals surface area contributed by atoms with Crippen molar-refractivity contribution in [2.45, 2.75) is 39.8 Å². The van der Waals surface area contributed by atoms with Crippen LogP contribution >= 0.6 is 11.3 Å². The van der Waals surface area contributed by atoms with Crippen LogP contribution in [0.4, 0.5) is 5.95 Å². The van der Waals surface area contributed by atoms with Crippen LogP contribution in [0.5, 0.6) is 0 Å². The maximum Gasteiger partial charge on any atom is 0.263 e. The first kappa shape index (κ1) is 15.7. The minimum absolute atomic E-state index is 0.173. The highest BCUT2D eigenvalue weighted by Gasteiger charge is 2.20. The van der Waals surface area contributed by atoms with Gasteiger partial charge < -0.3 is 4.90 Å². The van der Waals surface area contributed by atoms with E-state index in [1.54, 1.807) is 22.2 Å². The molecule has 8 heteroatoms. The quantitative estimate of drug-likeness (QED) is 0.796. The average molecular weight is 332 g/mol. The third kappa shape index (κ3) is 2.98. The van der Waals surface area contributed by atoms with Gasteiger partial charge in [0.25, 0.3) is 5.56 Å². The van der Waals surface area contributed by atoms with Crippen LogP contribution in [0.15, 0.2) is 17.2 Å². The van der Waals surface area contributed by atoms with Gasteiger partial charge in [-0.1, -0.05) is 0 Å². The Morgan fingerprint density at radius 1 is 1.35 bits per heavy atom. The van der Waals surface area contributed by atoms with Crippen LogP contribution in [-0.4, -0.2) is 31.8 Å². The van der Waals surface area contributed by atoms with Gasteiger partial charge in [0, 0.05) is 18.1 Å². The molecular weight excluding hydrogens is 312 g/mol. The van der Waals surface area contributed by atoms with Gasteiger partial charge in [-0.2, -0.15) is 10.1 Å². The van der Waals surface area contributed by atoms with Gasteiger partial charge in [0.15, 0.2) is 5.65 Å². The summed E-state index contributed by atoms with van der Waals surface area (Å²) in [5.74, 6) is 0.527.